The first-order chi connectivity index (χ1) is 7.99. The van der Waals surface area contributed by atoms with Crippen LogP contribution in [0.2, 0.25) is 0 Å². The van der Waals surface area contributed by atoms with Crippen molar-refractivity contribution in [1.29, 1.82) is 0 Å². The van der Waals surface area contributed by atoms with Gasteiger partial charge in [-0.2, -0.15) is 0 Å². The Kier molecular flexibility index (Phi) is 2.67. The van der Waals surface area contributed by atoms with Crippen molar-refractivity contribution >= 4 is 11.4 Å². The molecule has 0 aromatic heterocycles. The Bertz CT molecular complexity index is 559. The summed E-state index contributed by atoms with van der Waals surface area (Å²) in [6.45, 7) is 0. The van der Waals surface area contributed by atoms with Crippen LogP contribution in [0.4, 0.5) is 24.5 Å². The summed E-state index contributed by atoms with van der Waals surface area (Å²) in [5.74, 6) is -2.61. The van der Waals surface area contributed by atoms with E-state index in [-0.39, 0.29) is 16.9 Å². The molecule has 88 valence electrons. The van der Waals surface area contributed by atoms with Crippen molar-refractivity contribution in [3.63, 3.8) is 0 Å². The minimum Gasteiger partial charge on any atom is -0.399 e. The van der Waals surface area contributed by atoms with E-state index in [1.165, 1.54) is 12.1 Å². The zero-order chi connectivity index (χ0) is 12.6. The average Bonchev–Trinajstić information content (AvgIpc) is 2.19. The molecule has 0 bridgehead atoms. The molecule has 2 aromatic carbocycles. The lowest BCUT2D eigenvalue weighted by molar-refractivity contribution is 0.583. The maximum Gasteiger partial charge on any atom is 0.136 e. The van der Waals surface area contributed by atoms with Crippen LogP contribution in [0.3, 0.4) is 0 Å². The normalized spacial score (nSPS) is 10.5. The molecule has 0 aliphatic carbocycles. The zero-order valence-corrected chi connectivity index (χ0v) is 8.68. The van der Waals surface area contributed by atoms with Crippen LogP contribution in [0.5, 0.6) is 0 Å². The predicted molar refractivity (Wildman–Crippen MR) is 60.6 cm³/mol. The highest BCUT2D eigenvalue weighted by molar-refractivity contribution is 5.69. The van der Waals surface area contributed by atoms with Gasteiger partial charge in [-0.15, -0.1) is 0 Å². The van der Waals surface area contributed by atoms with Gasteiger partial charge in [0.2, 0.25) is 0 Å². The van der Waals surface area contributed by atoms with Crippen molar-refractivity contribution in [2.75, 3.05) is 11.5 Å². The first-order valence-electron chi connectivity index (χ1n) is 4.79. The van der Waals surface area contributed by atoms with Gasteiger partial charge in [-0.05, 0) is 30.3 Å². The van der Waals surface area contributed by atoms with Crippen LogP contribution in [0.25, 0.3) is 11.1 Å². The number of benzene rings is 2. The maximum atomic E-state index is 13.6. The van der Waals surface area contributed by atoms with Gasteiger partial charge in [0.15, 0.2) is 0 Å². The van der Waals surface area contributed by atoms with Crippen LogP contribution in [-0.2, 0) is 0 Å². The van der Waals surface area contributed by atoms with Gasteiger partial charge in [0.25, 0.3) is 0 Å². The molecule has 2 nitrogen and oxygen atoms in total. The van der Waals surface area contributed by atoms with Crippen LogP contribution in [0.1, 0.15) is 0 Å². The van der Waals surface area contributed by atoms with E-state index in [0.29, 0.717) is 0 Å². The lowest BCUT2D eigenvalue weighted by atomic mass is 10.0. The Labute approximate surface area is 95.7 Å². The highest BCUT2D eigenvalue weighted by atomic mass is 19.1. The number of hydrogen-bond acceptors (Lipinski definition) is 2. The summed E-state index contributed by atoms with van der Waals surface area (Å²) in [7, 11) is 0. The fourth-order valence-electron chi connectivity index (χ4n) is 1.58. The van der Waals surface area contributed by atoms with Gasteiger partial charge in [-0.25, -0.2) is 13.2 Å². The summed E-state index contributed by atoms with van der Waals surface area (Å²) in [6, 6.07) is 5.48. The largest absolute Gasteiger partial charge is 0.399 e. The third kappa shape index (κ3) is 2.04. The van der Waals surface area contributed by atoms with Gasteiger partial charge in [0.1, 0.15) is 17.5 Å². The van der Waals surface area contributed by atoms with Gasteiger partial charge in [0, 0.05) is 16.9 Å². The molecule has 0 amide bonds. The molecule has 0 fully saturated rings. The highest BCUT2D eigenvalue weighted by Crippen LogP contribution is 2.30. The molecular formula is C12H9F3N2. The third-order valence-electron chi connectivity index (χ3n) is 2.33. The monoisotopic (exact) mass is 238 g/mol. The lowest BCUT2D eigenvalue weighted by Crippen LogP contribution is -1.97. The summed E-state index contributed by atoms with van der Waals surface area (Å²) in [4.78, 5) is 0. The fraction of sp³-hybridized carbons (Fsp3) is 0. The molecule has 0 saturated heterocycles. The van der Waals surface area contributed by atoms with Gasteiger partial charge >= 0.3 is 0 Å². The van der Waals surface area contributed by atoms with Crippen molar-refractivity contribution in [3.05, 3.63) is 47.8 Å². The van der Waals surface area contributed by atoms with Crippen LogP contribution in [0.15, 0.2) is 30.3 Å². The van der Waals surface area contributed by atoms with E-state index in [4.69, 9.17) is 11.5 Å². The molecule has 5 heteroatoms. The van der Waals surface area contributed by atoms with E-state index < -0.39 is 23.0 Å². The SMILES string of the molecule is Nc1ccc(-c2c(F)cc(N)cc2F)c(F)c1. The quantitative estimate of drug-likeness (QED) is 0.750. The van der Waals surface area contributed by atoms with E-state index in [0.717, 1.165) is 18.2 Å². The second-order valence-electron chi connectivity index (χ2n) is 3.60. The second-order valence-corrected chi connectivity index (χ2v) is 3.60. The minimum absolute atomic E-state index is 0.0559. The van der Waals surface area contributed by atoms with Crippen LogP contribution < -0.4 is 11.5 Å². The van der Waals surface area contributed by atoms with Crippen LogP contribution in [-0.4, -0.2) is 0 Å². The van der Waals surface area contributed by atoms with Crippen molar-refractivity contribution in [2.24, 2.45) is 0 Å². The molecule has 0 unspecified atom stereocenters. The van der Waals surface area contributed by atoms with E-state index in [1.54, 1.807) is 0 Å². The van der Waals surface area contributed by atoms with E-state index in [1.807, 2.05) is 0 Å². The van der Waals surface area contributed by atoms with E-state index in [9.17, 15) is 13.2 Å². The lowest BCUT2D eigenvalue weighted by Gasteiger charge is -2.08. The molecule has 4 N–H and O–H groups in total. The molecule has 2 aromatic rings. The fourth-order valence-corrected chi connectivity index (χ4v) is 1.58. The summed E-state index contributed by atoms with van der Waals surface area (Å²) < 4.78 is 40.7. The molecule has 2 rings (SSSR count). The first-order valence-corrected chi connectivity index (χ1v) is 4.79. The van der Waals surface area contributed by atoms with Crippen molar-refractivity contribution in [1.82, 2.24) is 0 Å². The molecule has 0 heterocycles. The molecule has 0 aliphatic heterocycles. The first kappa shape index (κ1) is 11.3. The topological polar surface area (TPSA) is 52.0 Å². The van der Waals surface area contributed by atoms with Gasteiger partial charge in [-0.1, -0.05) is 0 Å². The number of nitrogen functional groups attached to an aromatic ring is 2. The number of nitrogens with two attached hydrogens (primary N) is 2. The van der Waals surface area contributed by atoms with E-state index >= 15 is 0 Å². The summed E-state index contributed by atoms with van der Waals surface area (Å²) in [6.07, 6.45) is 0. The van der Waals surface area contributed by atoms with Crippen LogP contribution >= 0.6 is 0 Å². The number of hydrogen-bond donors (Lipinski definition) is 2. The Hall–Kier alpha value is -2.17. The van der Waals surface area contributed by atoms with Crippen molar-refractivity contribution < 1.29 is 13.2 Å². The van der Waals surface area contributed by atoms with E-state index in [2.05, 4.69) is 0 Å². The number of rotatable bonds is 1. The molecule has 0 atom stereocenters. The second kappa shape index (κ2) is 4.01. The van der Waals surface area contributed by atoms with Gasteiger partial charge in [-0.3, -0.25) is 0 Å². The van der Waals surface area contributed by atoms with Crippen LogP contribution in [0, 0.1) is 17.5 Å². The molecule has 0 radical (unpaired) electrons. The molecule has 0 saturated carbocycles. The van der Waals surface area contributed by atoms with Crippen molar-refractivity contribution in [3.8, 4) is 11.1 Å². The van der Waals surface area contributed by atoms with Gasteiger partial charge in [0.05, 0.1) is 5.56 Å². The smallest absolute Gasteiger partial charge is 0.136 e. The molecule has 0 aliphatic rings. The summed E-state index contributed by atoms with van der Waals surface area (Å²) in [5.41, 5.74) is 10.1. The number of anilines is 2. The van der Waals surface area contributed by atoms with Gasteiger partial charge < -0.3 is 11.5 Å². The van der Waals surface area contributed by atoms with Crippen molar-refractivity contribution in [2.45, 2.75) is 0 Å². The summed E-state index contributed by atoms with van der Waals surface area (Å²) >= 11 is 0. The third-order valence-corrected chi connectivity index (χ3v) is 2.33. The Balaban J connectivity index is 2.68. The zero-order valence-electron chi connectivity index (χ0n) is 8.68. The molecule has 17 heavy (non-hydrogen) atoms. The molecular weight excluding hydrogens is 229 g/mol. The summed E-state index contributed by atoms with van der Waals surface area (Å²) in [5, 5.41) is 0. The standard InChI is InChI=1S/C12H9F3N2/c13-9-3-6(16)1-2-8(9)12-10(14)4-7(17)5-11(12)15/h1-5H,16-17H2. The number of halogens is 3. The Morgan fingerprint density at radius 1 is 0.706 bits per heavy atom. The molecule has 0 spiro atoms. The minimum atomic E-state index is -0.911. The maximum absolute atomic E-state index is 13.6. The Morgan fingerprint density at radius 3 is 1.76 bits per heavy atom. The average molecular weight is 238 g/mol. The highest BCUT2D eigenvalue weighted by Gasteiger charge is 2.16. The Morgan fingerprint density at radius 2 is 1.24 bits per heavy atom. The predicted octanol–water partition coefficient (Wildman–Crippen LogP) is 2.94.